The molecule has 0 unspecified atom stereocenters. The van der Waals surface area contributed by atoms with Crippen molar-refractivity contribution in [3.63, 3.8) is 0 Å². The lowest BCUT2D eigenvalue weighted by Gasteiger charge is -2.30. The normalized spacial score (nSPS) is 17.4. The molecule has 0 saturated heterocycles. The van der Waals surface area contributed by atoms with Crippen molar-refractivity contribution in [1.82, 2.24) is 10.6 Å². The summed E-state index contributed by atoms with van der Waals surface area (Å²) in [6, 6.07) is 3.45. The maximum absolute atomic E-state index is 12.1. The highest BCUT2D eigenvalue weighted by Crippen LogP contribution is 2.40. The Labute approximate surface area is 149 Å². The molecule has 0 radical (unpaired) electrons. The van der Waals surface area contributed by atoms with Gasteiger partial charge in [-0.2, -0.15) is 0 Å². The van der Waals surface area contributed by atoms with Crippen LogP contribution in [0.25, 0.3) is 0 Å². The molecular formula is C16H19BrN2O3S. The number of methoxy groups -OCH3 is 1. The maximum atomic E-state index is 12.1. The van der Waals surface area contributed by atoms with E-state index >= 15 is 0 Å². The molecule has 2 rings (SSSR count). The van der Waals surface area contributed by atoms with Crippen LogP contribution in [0, 0.1) is 0 Å². The minimum Gasteiger partial charge on any atom is -0.492 e. The van der Waals surface area contributed by atoms with Crippen LogP contribution in [0.1, 0.15) is 32.4 Å². The predicted octanol–water partition coefficient (Wildman–Crippen LogP) is 3.24. The van der Waals surface area contributed by atoms with Gasteiger partial charge in [-0.25, -0.2) is 0 Å². The van der Waals surface area contributed by atoms with Gasteiger partial charge in [-0.1, -0.05) is 0 Å². The summed E-state index contributed by atoms with van der Waals surface area (Å²) in [5.41, 5.74) is 2.28. The average molecular weight is 399 g/mol. The Morgan fingerprint density at radius 1 is 1.43 bits per heavy atom. The smallest absolute Gasteiger partial charge is 0.174 e. The van der Waals surface area contributed by atoms with E-state index in [0.717, 1.165) is 15.7 Å². The molecule has 0 saturated carbocycles. The first kappa shape index (κ1) is 17.7. The minimum absolute atomic E-state index is 0.0140. The Balaban J connectivity index is 2.57. The van der Waals surface area contributed by atoms with E-state index in [2.05, 4.69) is 26.6 Å². The highest BCUT2D eigenvalue weighted by atomic mass is 79.9. The van der Waals surface area contributed by atoms with Crippen LogP contribution < -0.4 is 20.1 Å². The van der Waals surface area contributed by atoms with E-state index < -0.39 is 0 Å². The minimum atomic E-state index is -0.331. The van der Waals surface area contributed by atoms with Gasteiger partial charge in [0.15, 0.2) is 22.4 Å². The lowest BCUT2D eigenvalue weighted by atomic mass is 9.93. The van der Waals surface area contributed by atoms with E-state index in [1.54, 1.807) is 14.0 Å². The fourth-order valence-corrected chi connectivity index (χ4v) is 3.52. The molecule has 0 amide bonds. The summed E-state index contributed by atoms with van der Waals surface area (Å²) in [7, 11) is 1.59. The molecule has 1 atom stereocenters. The molecule has 0 fully saturated rings. The van der Waals surface area contributed by atoms with Crippen molar-refractivity contribution < 1.29 is 14.3 Å². The number of hydrogen-bond acceptors (Lipinski definition) is 4. The fraction of sp³-hybridized carbons (Fsp3) is 0.375. The third-order valence-electron chi connectivity index (χ3n) is 3.52. The van der Waals surface area contributed by atoms with Gasteiger partial charge in [0.25, 0.3) is 0 Å². The fourth-order valence-electron chi connectivity index (χ4n) is 2.63. The highest BCUT2D eigenvalue weighted by Gasteiger charge is 2.29. The Bertz CT molecular complexity index is 688. The predicted molar refractivity (Wildman–Crippen MR) is 96.9 cm³/mol. The zero-order valence-electron chi connectivity index (χ0n) is 13.5. The summed E-state index contributed by atoms with van der Waals surface area (Å²) >= 11 is 8.73. The molecule has 1 aromatic carbocycles. The lowest BCUT2D eigenvalue weighted by Crippen LogP contribution is -2.44. The molecule has 2 N–H and O–H groups in total. The lowest BCUT2D eigenvalue weighted by molar-refractivity contribution is -0.114. The SMILES string of the molecule is CCOc1cc([C@H]2NC(=S)NC(C)=C2C(C)=O)cc(Br)c1OC. The molecule has 5 nitrogen and oxygen atoms in total. The summed E-state index contributed by atoms with van der Waals surface area (Å²) in [6.07, 6.45) is 0. The second-order valence-electron chi connectivity index (χ2n) is 5.09. The van der Waals surface area contributed by atoms with Crippen molar-refractivity contribution in [3.05, 3.63) is 33.4 Å². The van der Waals surface area contributed by atoms with E-state index in [0.29, 0.717) is 28.8 Å². The van der Waals surface area contributed by atoms with Crippen LogP contribution in [0.15, 0.2) is 27.9 Å². The van der Waals surface area contributed by atoms with Crippen molar-refractivity contribution >= 4 is 39.0 Å². The summed E-state index contributed by atoms with van der Waals surface area (Å²) in [5.74, 6) is 1.23. The molecule has 1 aliphatic heterocycles. The molecule has 1 heterocycles. The average Bonchev–Trinajstić information content (AvgIpc) is 2.45. The topological polar surface area (TPSA) is 59.6 Å². The summed E-state index contributed by atoms with van der Waals surface area (Å²) in [6.45, 7) is 5.81. The van der Waals surface area contributed by atoms with Crippen molar-refractivity contribution in [1.29, 1.82) is 0 Å². The molecule has 1 aromatic rings. The number of thiocarbonyl (C=S) groups is 1. The first-order valence-electron chi connectivity index (χ1n) is 7.18. The van der Waals surface area contributed by atoms with Gasteiger partial charge in [0, 0.05) is 11.3 Å². The van der Waals surface area contributed by atoms with Crippen LogP contribution in [-0.4, -0.2) is 24.6 Å². The van der Waals surface area contributed by atoms with Gasteiger partial charge in [0.05, 0.1) is 24.2 Å². The quantitative estimate of drug-likeness (QED) is 0.742. The van der Waals surface area contributed by atoms with Crippen LogP contribution in [0.4, 0.5) is 0 Å². The van der Waals surface area contributed by atoms with E-state index in [1.807, 2.05) is 26.0 Å². The molecule has 0 aliphatic carbocycles. The standard InChI is InChI=1S/C16H19BrN2O3S/c1-5-22-12-7-10(6-11(17)15(12)21-4)14-13(9(3)20)8(2)18-16(23)19-14/h6-7,14H,5H2,1-4H3,(H2,18,19,23)/t14-/m1/s1. The number of halogens is 1. The molecule has 1 aliphatic rings. The number of carbonyl (C=O) groups is 1. The Morgan fingerprint density at radius 3 is 2.70 bits per heavy atom. The summed E-state index contributed by atoms with van der Waals surface area (Å²) in [4.78, 5) is 12.1. The number of benzene rings is 1. The molecule has 0 aromatic heterocycles. The number of allylic oxidation sites excluding steroid dienone is 1. The largest absolute Gasteiger partial charge is 0.492 e. The van der Waals surface area contributed by atoms with Gasteiger partial charge in [-0.05, 0) is 66.6 Å². The van der Waals surface area contributed by atoms with Crippen molar-refractivity contribution in [2.45, 2.75) is 26.8 Å². The summed E-state index contributed by atoms with van der Waals surface area (Å²) in [5, 5.41) is 6.64. The second kappa shape index (κ2) is 7.31. The number of ether oxygens (including phenoxy) is 2. The number of carbonyl (C=O) groups excluding carboxylic acids is 1. The van der Waals surface area contributed by atoms with Crippen LogP contribution in [-0.2, 0) is 4.79 Å². The number of nitrogens with one attached hydrogen (secondary N) is 2. The zero-order valence-corrected chi connectivity index (χ0v) is 15.9. The van der Waals surface area contributed by atoms with Gasteiger partial charge in [-0.3, -0.25) is 4.79 Å². The number of rotatable bonds is 5. The Morgan fingerprint density at radius 2 is 2.13 bits per heavy atom. The van der Waals surface area contributed by atoms with Gasteiger partial charge < -0.3 is 20.1 Å². The monoisotopic (exact) mass is 398 g/mol. The Kier molecular flexibility index (Phi) is 5.64. The number of Topliss-reactive ketones (excluding diaryl/α,β-unsaturated/α-hetero) is 1. The van der Waals surface area contributed by atoms with Gasteiger partial charge in [0.1, 0.15) is 0 Å². The molecular weight excluding hydrogens is 380 g/mol. The van der Waals surface area contributed by atoms with Crippen molar-refractivity contribution in [2.75, 3.05) is 13.7 Å². The zero-order chi connectivity index (χ0) is 17.1. The number of ketones is 1. The number of hydrogen-bond donors (Lipinski definition) is 2. The molecule has 124 valence electrons. The Hall–Kier alpha value is -1.60. The van der Waals surface area contributed by atoms with Crippen LogP contribution in [0.2, 0.25) is 0 Å². The van der Waals surface area contributed by atoms with Crippen molar-refractivity contribution in [3.8, 4) is 11.5 Å². The maximum Gasteiger partial charge on any atom is 0.174 e. The van der Waals surface area contributed by atoms with Crippen LogP contribution in [0.3, 0.4) is 0 Å². The van der Waals surface area contributed by atoms with Crippen molar-refractivity contribution in [2.24, 2.45) is 0 Å². The van der Waals surface area contributed by atoms with E-state index in [4.69, 9.17) is 21.7 Å². The van der Waals surface area contributed by atoms with Gasteiger partial charge in [-0.15, -0.1) is 0 Å². The van der Waals surface area contributed by atoms with Crippen LogP contribution in [0.5, 0.6) is 11.5 Å². The second-order valence-corrected chi connectivity index (χ2v) is 6.36. The molecule has 0 spiro atoms. The van der Waals surface area contributed by atoms with E-state index in [-0.39, 0.29) is 11.8 Å². The third kappa shape index (κ3) is 3.67. The molecule has 23 heavy (non-hydrogen) atoms. The summed E-state index contributed by atoms with van der Waals surface area (Å²) < 4.78 is 11.8. The first-order chi connectivity index (χ1) is 10.9. The first-order valence-corrected chi connectivity index (χ1v) is 8.38. The highest BCUT2D eigenvalue weighted by molar-refractivity contribution is 9.10. The molecule has 7 heteroatoms. The van der Waals surface area contributed by atoms with Gasteiger partial charge >= 0.3 is 0 Å². The van der Waals surface area contributed by atoms with Crippen LogP contribution >= 0.6 is 28.1 Å². The third-order valence-corrected chi connectivity index (χ3v) is 4.33. The molecule has 0 bridgehead atoms. The van der Waals surface area contributed by atoms with Gasteiger partial charge in [0.2, 0.25) is 0 Å². The van der Waals surface area contributed by atoms with E-state index in [9.17, 15) is 4.79 Å². The van der Waals surface area contributed by atoms with E-state index in [1.165, 1.54) is 0 Å².